The number of rotatable bonds is 3. The predicted molar refractivity (Wildman–Crippen MR) is 98.6 cm³/mol. The molecule has 4 rings (SSSR count). The van der Waals surface area contributed by atoms with Gasteiger partial charge >= 0.3 is 0 Å². The number of amides is 1. The highest BCUT2D eigenvalue weighted by Crippen LogP contribution is 2.35. The molecule has 2 heterocycles. The molecule has 7 heteroatoms. The standard InChI is InChI=1S/C19H17FN4O2/c1-9-2-3-22-19(26)17(9)11-4-10-6-16(23-8-13(10)15(21)5-11)24-18(25)12-7-14(12)20/h2-6,8,12,14H,7,21H2,1H3,(H,22,26)(H,23,24,25)/t12-,14+/m0/s1. The number of nitrogens with zero attached hydrogens (tertiary/aromatic N) is 1. The van der Waals surface area contributed by atoms with E-state index in [0.29, 0.717) is 28.0 Å². The van der Waals surface area contributed by atoms with Crippen LogP contribution in [-0.2, 0) is 4.79 Å². The second-order valence-corrected chi connectivity index (χ2v) is 6.57. The second-order valence-electron chi connectivity index (χ2n) is 6.57. The minimum absolute atomic E-state index is 0.200. The van der Waals surface area contributed by atoms with Crippen molar-refractivity contribution in [3.05, 3.63) is 52.6 Å². The first-order valence-corrected chi connectivity index (χ1v) is 8.27. The van der Waals surface area contributed by atoms with Gasteiger partial charge in [-0.25, -0.2) is 9.37 Å². The summed E-state index contributed by atoms with van der Waals surface area (Å²) in [6, 6.07) is 7.06. The number of aryl methyl sites for hydroxylation is 1. The fourth-order valence-electron chi connectivity index (χ4n) is 3.09. The highest BCUT2D eigenvalue weighted by atomic mass is 19.1. The third-order valence-electron chi connectivity index (χ3n) is 4.63. The van der Waals surface area contributed by atoms with Crippen molar-refractivity contribution in [1.82, 2.24) is 9.97 Å². The zero-order valence-corrected chi connectivity index (χ0v) is 14.0. The molecule has 2 atom stereocenters. The number of carbonyl (C=O) groups excluding carboxylic acids is 1. The largest absolute Gasteiger partial charge is 0.398 e. The molecule has 1 fully saturated rings. The summed E-state index contributed by atoms with van der Waals surface area (Å²) in [6.07, 6.45) is 2.35. The minimum atomic E-state index is -1.06. The van der Waals surface area contributed by atoms with Gasteiger partial charge in [-0.15, -0.1) is 0 Å². The van der Waals surface area contributed by atoms with Gasteiger partial charge in [-0.2, -0.15) is 0 Å². The molecule has 0 bridgehead atoms. The third kappa shape index (κ3) is 2.81. The van der Waals surface area contributed by atoms with Gasteiger partial charge in [-0.3, -0.25) is 9.59 Å². The highest BCUT2D eigenvalue weighted by Gasteiger charge is 2.43. The molecule has 2 aromatic heterocycles. The van der Waals surface area contributed by atoms with Crippen LogP contribution in [0, 0.1) is 12.8 Å². The molecule has 1 aliphatic carbocycles. The lowest BCUT2D eigenvalue weighted by Gasteiger charge is -2.10. The Bertz CT molecular complexity index is 1090. The topological polar surface area (TPSA) is 101 Å². The van der Waals surface area contributed by atoms with Gasteiger partial charge in [0, 0.05) is 29.0 Å². The van der Waals surface area contributed by atoms with Gasteiger partial charge in [-0.1, -0.05) is 0 Å². The molecule has 0 unspecified atom stereocenters. The number of hydrogen-bond acceptors (Lipinski definition) is 4. The first kappa shape index (κ1) is 16.3. The Balaban J connectivity index is 1.77. The molecule has 1 amide bonds. The summed E-state index contributed by atoms with van der Waals surface area (Å²) in [5, 5.41) is 4.08. The molecule has 26 heavy (non-hydrogen) atoms. The number of alkyl halides is 1. The van der Waals surface area contributed by atoms with E-state index < -0.39 is 12.1 Å². The summed E-state index contributed by atoms with van der Waals surface area (Å²) in [7, 11) is 0. The number of aromatic nitrogens is 2. The molecule has 1 aromatic carbocycles. The number of H-pyrrole nitrogens is 1. The number of nitrogen functional groups attached to an aromatic ring is 1. The highest BCUT2D eigenvalue weighted by molar-refractivity contribution is 6.00. The molecular formula is C19H17FN4O2. The van der Waals surface area contributed by atoms with Gasteiger partial charge in [0.25, 0.3) is 5.56 Å². The number of nitrogens with two attached hydrogens (primary N) is 1. The van der Waals surface area contributed by atoms with E-state index in [4.69, 9.17) is 5.73 Å². The number of hydrogen-bond donors (Lipinski definition) is 3. The van der Waals surface area contributed by atoms with Crippen molar-refractivity contribution in [2.75, 3.05) is 11.1 Å². The summed E-state index contributed by atoms with van der Waals surface area (Å²) in [5.74, 6) is -0.630. The van der Waals surface area contributed by atoms with Crippen LogP contribution in [0.25, 0.3) is 21.9 Å². The smallest absolute Gasteiger partial charge is 0.256 e. The van der Waals surface area contributed by atoms with Crippen LogP contribution < -0.4 is 16.6 Å². The van der Waals surface area contributed by atoms with Crippen LogP contribution in [0.3, 0.4) is 0 Å². The third-order valence-corrected chi connectivity index (χ3v) is 4.63. The number of anilines is 2. The van der Waals surface area contributed by atoms with E-state index in [1.165, 1.54) is 0 Å². The molecular weight excluding hydrogens is 335 g/mol. The number of halogens is 1. The lowest BCUT2D eigenvalue weighted by atomic mass is 9.99. The summed E-state index contributed by atoms with van der Waals surface area (Å²) >= 11 is 0. The van der Waals surface area contributed by atoms with Crippen molar-refractivity contribution >= 4 is 28.2 Å². The molecule has 132 valence electrons. The van der Waals surface area contributed by atoms with Crippen molar-refractivity contribution < 1.29 is 9.18 Å². The van der Waals surface area contributed by atoms with Gasteiger partial charge in [0.05, 0.1) is 5.92 Å². The van der Waals surface area contributed by atoms with E-state index in [2.05, 4.69) is 15.3 Å². The lowest BCUT2D eigenvalue weighted by molar-refractivity contribution is -0.117. The first-order valence-electron chi connectivity index (χ1n) is 8.27. The van der Waals surface area contributed by atoms with Crippen LogP contribution >= 0.6 is 0 Å². The summed E-state index contributed by atoms with van der Waals surface area (Å²) < 4.78 is 13.0. The lowest BCUT2D eigenvalue weighted by Crippen LogP contribution is -2.15. The normalized spacial score (nSPS) is 18.7. The minimum Gasteiger partial charge on any atom is -0.398 e. The Hall–Kier alpha value is -3.22. The van der Waals surface area contributed by atoms with Gasteiger partial charge in [0.1, 0.15) is 12.0 Å². The Morgan fingerprint density at radius 2 is 2.15 bits per heavy atom. The Kier molecular flexibility index (Phi) is 3.72. The average molecular weight is 352 g/mol. The fraction of sp³-hybridized carbons (Fsp3) is 0.211. The molecule has 0 radical (unpaired) electrons. The fourth-order valence-corrected chi connectivity index (χ4v) is 3.09. The quantitative estimate of drug-likeness (QED) is 0.631. The molecule has 1 aliphatic rings. The van der Waals surface area contributed by atoms with Crippen LogP contribution in [0.1, 0.15) is 12.0 Å². The van der Waals surface area contributed by atoms with E-state index >= 15 is 0 Å². The molecule has 0 saturated heterocycles. The maximum Gasteiger partial charge on any atom is 0.256 e. The van der Waals surface area contributed by atoms with Crippen LogP contribution in [0.15, 0.2) is 41.5 Å². The number of carbonyl (C=O) groups is 1. The monoisotopic (exact) mass is 352 g/mol. The van der Waals surface area contributed by atoms with E-state index in [0.717, 1.165) is 10.9 Å². The van der Waals surface area contributed by atoms with Crippen molar-refractivity contribution in [3.63, 3.8) is 0 Å². The van der Waals surface area contributed by atoms with Gasteiger partial charge in [0.2, 0.25) is 5.91 Å². The number of fused-ring (bicyclic) bond motifs is 1. The molecule has 0 aliphatic heterocycles. The van der Waals surface area contributed by atoms with Gasteiger partial charge < -0.3 is 16.0 Å². The molecule has 1 saturated carbocycles. The van der Waals surface area contributed by atoms with E-state index in [-0.39, 0.29) is 17.9 Å². The van der Waals surface area contributed by atoms with Crippen LogP contribution in [0.2, 0.25) is 0 Å². The SMILES string of the molecule is Cc1cc[nH]c(=O)c1-c1cc(N)c2cnc(NC(=O)[C@H]3C[C@H]3F)cc2c1. The predicted octanol–water partition coefficient (Wildman–Crippen LogP) is 2.78. The average Bonchev–Trinajstić information content (AvgIpc) is 3.31. The van der Waals surface area contributed by atoms with Crippen molar-refractivity contribution in [2.45, 2.75) is 19.5 Å². The maximum absolute atomic E-state index is 13.0. The number of benzene rings is 1. The van der Waals surface area contributed by atoms with Crippen LogP contribution in [0.5, 0.6) is 0 Å². The number of nitrogens with one attached hydrogen (secondary N) is 2. The number of aromatic amines is 1. The van der Waals surface area contributed by atoms with Gasteiger partial charge in [-0.05, 0) is 54.1 Å². The Morgan fingerprint density at radius 1 is 1.38 bits per heavy atom. The van der Waals surface area contributed by atoms with Crippen LogP contribution in [-0.4, -0.2) is 22.0 Å². The van der Waals surface area contributed by atoms with E-state index in [9.17, 15) is 14.0 Å². The summed E-state index contributed by atoms with van der Waals surface area (Å²) in [5.41, 5.74) is 8.47. The summed E-state index contributed by atoms with van der Waals surface area (Å²) in [6.45, 7) is 1.85. The number of pyridine rings is 2. The van der Waals surface area contributed by atoms with Gasteiger partial charge in [0.15, 0.2) is 0 Å². The zero-order chi connectivity index (χ0) is 18.4. The molecule has 0 spiro atoms. The van der Waals surface area contributed by atoms with Crippen molar-refractivity contribution in [1.29, 1.82) is 0 Å². The molecule has 6 nitrogen and oxygen atoms in total. The second kappa shape index (κ2) is 5.94. The van der Waals surface area contributed by atoms with E-state index in [1.807, 2.05) is 19.1 Å². The Labute approximate surface area is 148 Å². The van der Waals surface area contributed by atoms with E-state index in [1.54, 1.807) is 24.5 Å². The van der Waals surface area contributed by atoms with Crippen molar-refractivity contribution in [2.24, 2.45) is 5.92 Å². The Morgan fingerprint density at radius 3 is 2.85 bits per heavy atom. The molecule has 4 N–H and O–H groups in total. The molecule has 3 aromatic rings. The zero-order valence-electron chi connectivity index (χ0n) is 14.0. The van der Waals surface area contributed by atoms with Crippen molar-refractivity contribution in [3.8, 4) is 11.1 Å². The maximum atomic E-state index is 13.0. The first-order chi connectivity index (χ1) is 12.4. The van der Waals surface area contributed by atoms with Crippen LogP contribution in [0.4, 0.5) is 15.9 Å². The summed E-state index contributed by atoms with van der Waals surface area (Å²) in [4.78, 5) is 31.0.